The van der Waals surface area contributed by atoms with E-state index in [1.807, 2.05) is 36.4 Å². The number of nitrogens with zero attached hydrogens (tertiary/aromatic N) is 3. The first kappa shape index (κ1) is 15.6. The smallest absolute Gasteiger partial charge is 0.269 e. The van der Waals surface area contributed by atoms with Crippen molar-refractivity contribution in [3.8, 4) is 11.3 Å². The van der Waals surface area contributed by atoms with Gasteiger partial charge in [-0.2, -0.15) is 0 Å². The van der Waals surface area contributed by atoms with E-state index in [1.165, 1.54) is 10.8 Å². The molecular weight excluding hydrogens is 304 g/mol. The molecular formula is C18H16N4O2. The summed E-state index contributed by atoms with van der Waals surface area (Å²) in [4.78, 5) is 32.1. The quantitative estimate of drug-likeness (QED) is 0.775. The molecule has 1 N–H and O–H groups in total. The number of rotatable bonds is 5. The van der Waals surface area contributed by atoms with E-state index in [9.17, 15) is 9.59 Å². The molecule has 24 heavy (non-hydrogen) atoms. The number of carbonyl (C=O) groups excluding carboxylic acids is 1. The Morgan fingerprint density at radius 1 is 1.08 bits per heavy atom. The number of amides is 1. The summed E-state index contributed by atoms with van der Waals surface area (Å²) in [5.41, 5.74) is 2.13. The zero-order valence-corrected chi connectivity index (χ0v) is 12.9. The maximum Gasteiger partial charge on any atom is 0.269 e. The topological polar surface area (TPSA) is 76.9 Å². The lowest BCUT2D eigenvalue weighted by Crippen LogP contribution is -2.31. The highest BCUT2D eigenvalue weighted by Gasteiger charge is 2.07. The van der Waals surface area contributed by atoms with Crippen molar-refractivity contribution in [2.24, 2.45) is 0 Å². The van der Waals surface area contributed by atoms with Crippen LogP contribution in [0.2, 0.25) is 0 Å². The molecule has 3 rings (SSSR count). The number of hydrogen-bond donors (Lipinski definition) is 1. The first-order valence-corrected chi connectivity index (χ1v) is 7.50. The fourth-order valence-electron chi connectivity index (χ4n) is 2.24. The highest BCUT2D eigenvalue weighted by molar-refractivity contribution is 5.75. The van der Waals surface area contributed by atoms with Crippen LogP contribution in [0, 0.1) is 0 Å². The third-order valence-corrected chi connectivity index (χ3v) is 3.47. The first-order chi connectivity index (χ1) is 11.7. The second kappa shape index (κ2) is 7.32. The van der Waals surface area contributed by atoms with E-state index < -0.39 is 0 Å². The third-order valence-electron chi connectivity index (χ3n) is 3.47. The van der Waals surface area contributed by atoms with Crippen LogP contribution < -0.4 is 10.9 Å². The molecule has 0 aliphatic heterocycles. The second-order valence-corrected chi connectivity index (χ2v) is 5.24. The van der Waals surface area contributed by atoms with Gasteiger partial charge in [-0.1, -0.05) is 36.4 Å². The molecule has 0 aliphatic rings. The summed E-state index contributed by atoms with van der Waals surface area (Å²) in [6.45, 7) is 0.319. The predicted octanol–water partition coefficient (Wildman–Crippen LogP) is 1.62. The number of aromatic nitrogens is 3. The molecule has 0 atom stereocenters. The van der Waals surface area contributed by atoms with Crippen LogP contribution in [0.3, 0.4) is 0 Å². The van der Waals surface area contributed by atoms with Crippen LogP contribution in [0.5, 0.6) is 0 Å². The summed E-state index contributed by atoms with van der Waals surface area (Å²) in [5.74, 6) is -0.244. The molecule has 0 fully saturated rings. The lowest BCUT2D eigenvalue weighted by Gasteiger charge is -2.09. The van der Waals surface area contributed by atoms with Crippen LogP contribution in [0.4, 0.5) is 0 Å². The van der Waals surface area contributed by atoms with Gasteiger partial charge in [0.1, 0.15) is 6.54 Å². The van der Waals surface area contributed by atoms with Crippen LogP contribution in [-0.4, -0.2) is 20.4 Å². The summed E-state index contributed by atoms with van der Waals surface area (Å²) in [5, 5.41) is 2.77. The van der Waals surface area contributed by atoms with Gasteiger partial charge in [0.15, 0.2) is 0 Å². The molecule has 3 aromatic rings. The average Bonchev–Trinajstić information content (AvgIpc) is 2.63. The standard InChI is InChI=1S/C18H16N4O2/c23-17(21-10-14-5-4-8-19-9-14)13-22-12-16(20-11-18(22)24)15-6-2-1-3-7-15/h1-9,11-12H,10,13H2,(H,21,23). The first-order valence-electron chi connectivity index (χ1n) is 7.50. The zero-order chi connectivity index (χ0) is 16.8. The molecule has 120 valence electrons. The molecule has 0 spiro atoms. The highest BCUT2D eigenvalue weighted by Crippen LogP contribution is 2.13. The van der Waals surface area contributed by atoms with Crippen molar-refractivity contribution < 1.29 is 4.79 Å². The maximum absolute atomic E-state index is 12.1. The molecule has 2 heterocycles. The van der Waals surface area contributed by atoms with Crippen molar-refractivity contribution in [2.75, 3.05) is 0 Å². The maximum atomic E-state index is 12.1. The Labute approximate surface area is 138 Å². The Balaban J connectivity index is 1.70. The Hall–Kier alpha value is -3.28. The number of benzene rings is 1. The molecule has 1 amide bonds. The molecule has 0 saturated carbocycles. The number of carbonyl (C=O) groups is 1. The second-order valence-electron chi connectivity index (χ2n) is 5.24. The lowest BCUT2D eigenvalue weighted by molar-refractivity contribution is -0.121. The van der Waals surface area contributed by atoms with Crippen molar-refractivity contribution in [1.29, 1.82) is 0 Å². The van der Waals surface area contributed by atoms with E-state index in [2.05, 4.69) is 15.3 Å². The Morgan fingerprint density at radius 3 is 2.67 bits per heavy atom. The van der Waals surface area contributed by atoms with Crippen LogP contribution in [0.15, 0.2) is 72.0 Å². The summed E-state index contributed by atoms with van der Waals surface area (Å²) < 4.78 is 1.36. The average molecular weight is 320 g/mol. The van der Waals surface area contributed by atoms with E-state index in [0.29, 0.717) is 12.2 Å². The number of pyridine rings is 1. The largest absolute Gasteiger partial charge is 0.350 e. The fourth-order valence-corrected chi connectivity index (χ4v) is 2.24. The van der Waals surface area contributed by atoms with Gasteiger partial charge >= 0.3 is 0 Å². The van der Waals surface area contributed by atoms with Crippen molar-refractivity contribution in [3.05, 3.63) is 83.2 Å². The summed E-state index contributed by atoms with van der Waals surface area (Å²) >= 11 is 0. The normalized spacial score (nSPS) is 10.3. The Kier molecular flexibility index (Phi) is 4.76. The van der Waals surface area contributed by atoms with Crippen molar-refractivity contribution in [3.63, 3.8) is 0 Å². The summed E-state index contributed by atoms with van der Waals surface area (Å²) in [6.07, 6.45) is 6.19. The van der Waals surface area contributed by atoms with Gasteiger partial charge in [0.2, 0.25) is 5.91 Å². The van der Waals surface area contributed by atoms with Gasteiger partial charge < -0.3 is 9.88 Å². The van der Waals surface area contributed by atoms with Gasteiger partial charge in [-0.15, -0.1) is 0 Å². The lowest BCUT2D eigenvalue weighted by atomic mass is 10.2. The van der Waals surface area contributed by atoms with E-state index in [-0.39, 0.29) is 18.0 Å². The van der Waals surface area contributed by atoms with E-state index in [1.54, 1.807) is 24.7 Å². The van der Waals surface area contributed by atoms with Gasteiger partial charge in [0, 0.05) is 30.7 Å². The van der Waals surface area contributed by atoms with Crippen LogP contribution >= 0.6 is 0 Å². The molecule has 0 radical (unpaired) electrons. The molecule has 0 saturated heterocycles. The molecule has 1 aromatic carbocycles. The van der Waals surface area contributed by atoms with Gasteiger partial charge in [-0.05, 0) is 11.6 Å². The molecule has 6 heteroatoms. The summed E-state index contributed by atoms with van der Waals surface area (Å²) in [7, 11) is 0. The zero-order valence-electron chi connectivity index (χ0n) is 12.9. The minimum absolute atomic E-state index is 0.0541. The predicted molar refractivity (Wildman–Crippen MR) is 90.0 cm³/mol. The minimum Gasteiger partial charge on any atom is -0.350 e. The third kappa shape index (κ3) is 3.92. The van der Waals surface area contributed by atoms with Crippen LogP contribution in [0.25, 0.3) is 11.3 Å². The molecule has 0 unspecified atom stereocenters. The van der Waals surface area contributed by atoms with Crippen molar-refractivity contribution >= 4 is 5.91 Å². The minimum atomic E-state index is -0.314. The monoisotopic (exact) mass is 320 g/mol. The molecule has 0 bridgehead atoms. The van der Waals surface area contributed by atoms with Gasteiger partial charge in [0.05, 0.1) is 11.9 Å². The van der Waals surface area contributed by atoms with E-state index >= 15 is 0 Å². The van der Waals surface area contributed by atoms with Gasteiger partial charge in [-0.3, -0.25) is 14.6 Å². The Morgan fingerprint density at radius 2 is 1.92 bits per heavy atom. The van der Waals surface area contributed by atoms with Crippen LogP contribution in [0.1, 0.15) is 5.56 Å². The summed E-state index contributed by atoms with van der Waals surface area (Å²) in [6, 6.07) is 13.2. The van der Waals surface area contributed by atoms with Crippen molar-refractivity contribution in [1.82, 2.24) is 19.9 Å². The number of nitrogens with one attached hydrogen (secondary N) is 1. The number of hydrogen-bond acceptors (Lipinski definition) is 4. The molecule has 2 aromatic heterocycles. The van der Waals surface area contributed by atoms with Gasteiger partial charge in [-0.25, -0.2) is 4.98 Å². The van der Waals surface area contributed by atoms with Crippen molar-refractivity contribution in [2.45, 2.75) is 13.1 Å². The Bertz CT molecular complexity index is 876. The molecule has 6 nitrogen and oxygen atoms in total. The van der Waals surface area contributed by atoms with E-state index in [4.69, 9.17) is 0 Å². The van der Waals surface area contributed by atoms with Crippen LogP contribution in [-0.2, 0) is 17.9 Å². The molecule has 0 aliphatic carbocycles. The SMILES string of the molecule is O=C(Cn1cc(-c2ccccc2)ncc1=O)NCc1cccnc1. The van der Waals surface area contributed by atoms with E-state index in [0.717, 1.165) is 11.1 Å². The van der Waals surface area contributed by atoms with Gasteiger partial charge in [0.25, 0.3) is 5.56 Å². The highest BCUT2D eigenvalue weighted by atomic mass is 16.2. The fraction of sp³-hybridized carbons (Fsp3) is 0.111.